The van der Waals surface area contributed by atoms with E-state index in [-0.39, 0.29) is 0 Å². The minimum atomic E-state index is 0.672. The quantitative estimate of drug-likeness (QED) is 0.616. The first kappa shape index (κ1) is 14.0. The van der Waals surface area contributed by atoms with Gasteiger partial charge in [-0.05, 0) is 53.5 Å². The van der Waals surface area contributed by atoms with E-state index in [0.717, 1.165) is 28.3 Å². The molecule has 1 rings (SSSR count). The van der Waals surface area contributed by atoms with Crippen LogP contribution in [0.3, 0.4) is 0 Å². The monoisotopic (exact) mass is 302 g/mol. The molecule has 1 heterocycles. The first-order chi connectivity index (χ1) is 7.74. The molecule has 1 aromatic heterocycles. The predicted octanol–water partition coefficient (Wildman–Crippen LogP) is 3.57. The molecular formula is C12H19BrN2S. The third kappa shape index (κ3) is 5.32. The number of hydrogen-bond donors (Lipinski definition) is 1. The second kappa shape index (κ2) is 8.09. The van der Waals surface area contributed by atoms with E-state index in [9.17, 15) is 0 Å². The Bertz CT molecular complexity index is 307. The Morgan fingerprint density at radius 1 is 1.56 bits per heavy atom. The second-order valence-electron chi connectivity index (χ2n) is 3.91. The van der Waals surface area contributed by atoms with Gasteiger partial charge in [0, 0.05) is 16.4 Å². The van der Waals surface area contributed by atoms with Crippen LogP contribution in [0, 0.1) is 5.92 Å². The molecule has 0 spiro atoms. The molecule has 0 saturated heterocycles. The molecule has 0 radical (unpaired) electrons. The molecule has 0 bridgehead atoms. The van der Waals surface area contributed by atoms with Crippen molar-refractivity contribution in [2.45, 2.75) is 25.3 Å². The number of nitrogens with one attached hydrogen (secondary N) is 1. The van der Waals surface area contributed by atoms with Crippen molar-refractivity contribution >= 4 is 27.7 Å². The van der Waals surface area contributed by atoms with Crippen LogP contribution in [0.2, 0.25) is 0 Å². The fourth-order valence-electron chi connectivity index (χ4n) is 1.28. The molecule has 0 aromatic carbocycles. The number of rotatable bonds is 7. The minimum absolute atomic E-state index is 0.672. The average Bonchev–Trinajstić information content (AvgIpc) is 2.28. The summed E-state index contributed by atoms with van der Waals surface area (Å²) in [6.45, 7) is 6.66. The number of halogens is 1. The van der Waals surface area contributed by atoms with E-state index in [4.69, 9.17) is 0 Å². The van der Waals surface area contributed by atoms with Crippen molar-refractivity contribution in [3.05, 3.63) is 22.8 Å². The van der Waals surface area contributed by atoms with Crippen LogP contribution < -0.4 is 5.32 Å². The van der Waals surface area contributed by atoms with Gasteiger partial charge in [-0.25, -0.2) is 4.98 Å². The maximum Gasteiger partial charge on any atom is 0.110 e. The summed E-state index contributed by atoms with van der Waals surface area (Å²) in [5, 5.41) is 4.53. The van der Waals surface area contributed by atoms with E-state index in [2.05, 4.69) is 40.1 Å². The molecule has 1 N–H and O–H groups in total. The zero-order valence-electron chi connectivity index (χ0n) is 9.87. The predicted molar refractivity (Wildman–Crippen MR) is 75.0 cm³/mol. The maximum atomic E-state index is 4.34. The summed E-state index contributed by atoms with van der Waals surface area (Å²) < 4.78 is 1.09. The zero-order valence-corrected chi connectivity index (χ0v) is 12.3. The normalized spacial score (nSPS) is 12.7. The number of hydrogen-bond acceptors (Lipinski definition) is 3. The fourth-order valence-corrected chi connectivity index (χ4v) is 2.78. The van der Waals surface area contributed by atoms with Gasteiger partial charge in [0.1, 0.15) is 5.03 Å². The summed E-state index contributed by atoms with van der Waals surface area (Å²) in [7, 11) is 0. The van der Waals surface area contributed by atoms with Crippen LogP contribution in [0.15, 0.2) is 27.8 Å². The van der Waals surface area contributed by atoms with Crippen molar-refractivity contribution in [3.8, 4) is 0 Å². The molecule has 16 heavy (non-hydrogen) atoms. The van der Waals surface area contributed by atoms with Crippen LogP contribution >= 0.6 is 27.7 Å². The van der Waals surface area contributed by atoms with E-state index in [1.807, 2.05) is 30.1 Å². The SMILES string of the molecule is CCCNCC(C)CSc1ncccc1Br. The zero-order chi connectivity index (χ0) is 11.8. The maximum absolute atomic E-state index is 4.34. The highest BCUT2D eigenvalue weighted by Gasteiger charge is 2.05. The van der Waals surface area contributed by atoms with Gasteiger partial charge >= 0.3 is 0 Å². The lowest BCUT2D eigenvalue weighted by molar-refractivity contribution is 0.557. The van der Waals surface area contributed by atoms with Crippen LogP contribution in [-0.4, -0.2) is 23.8 Å². The van der Waals surface area contributed by atoms with Crippen molar-refractivity contribution in [2.75, 3.05) is 18.8 Å². The highest BCUT2D eigenvalue weighted by Crippen LogP contribution is 2.25. The van der Waals surface area contributed by atoms with Crippen LogP contribution in [0.1, 0.15) is 20.3 Å². The van der Waals surface area contributed by atoms with E-state index in [1.165, 1.54) is 6.42 Å². The van der Waals surface area contributed by atoms with Crippen molar-refractivity contribution in [1.29, 1.82) is 0 Å². The van der Waals surface area contributed by atoms with Gasteiger partial charge in [-0.2, -0.15) is 0 Å². The van der Waals surface area contributed by atoms with E-state index in [1.54, 1.807) is 0 Å². The van der Waals surface area contributed by atoms with Crippen molar-refractivity contribution in [3.63, 3.8) is 0 Å². The number of pyridine rings is 1. The molecule has 0 aliphatic heterocycles. The first-order valence-corrected chi connectivity index (χ1v) is 7.46. The van der Waals surface area contributed by atoms with E-state index >= 15 is 0 Å². The lowest BCUT2D eigenvalue weighted by Crippen LogP contribution is -2.23. The van der Waals surface area contributed by atoms with Crippen LogP contribution in [0.25, 0.3) is 0 Å². The molecule has 0 fully saturated rings. The van der Waals surface area contributed by atoms with Gasteiger partial charge in [-0.3, -0.25) is 0 Å². The Hall–Kier alpha value is -0.0600. The summed E-state index contributed by atoms with van der Waals surface area (Å²) in [5.41, 5.74) is 0. The largest absolute Gasteiger partial charge is 0.316 e. The minimum Gasteiger partial charge on any atom is -0.316 e. The molecule has 1 atom stereocenters. The van der Waals surface area contributed by atoms with E-state index < -0.39 is 0 Å². The number of nitrogens with zero attached hydrogens (tertiary/aromatic N) is 1. The molecule has 1 aromatic rings. The molecule has 2 nitrogen and oxygen atoms in total. The van der Waals surface area contributed by atoms with Gasteiger partial charge in [0.25, 0.3) is 0 Å². The first-order valence-electron chi connectivity index (χ1n) is 5.68. The Morgan fingerprint density at radius 2 is 2.38 bits per heavy atom. The van der Waals surface area contributed by atoms with Crippen molar-refractivity contribution in [1.82, 2.24) is 10.3 Å². The summed E-state index contributed by atoms with van der Waals surface area (Å²) in [5.74, 6) is 1.78. The van der Waals surface area contributed by atoms with Crippen molar-refractivity contribution < 1.29 is 0 Å². The van der Waals surface area contributed by atoms with Crippen LogP contribution in [0.5, 0.6) is 0 Å². The van der Waals surface area contributed by atoms with E-state index in [0.29, 0.717) is 5.92 Å². The Morgan fingerprint density at radius 3 is 3.06 bits per heavy atom. The summed E-state index contributed by atoms with van der Waals surface area (Å²) >= 11 is 5.33. The third-order valence-electron chi connectivity index (χ3n) is 2.15. The molecule has 4 heteroatoms. The smallest absolute Gasteiger partial charge is 0.110 e. The van der Waals surface area contributed by atoms with Crippen molar-refractivity contribution in [2.24, 2.45) is 5.92 Å². The summed E-state index contributed by atoms with van der Waals surface area (Å²) in [4.78, 5) is 4.34. The molecule has 1 unspecified atom stereocenters. The second-order valence-corrected chi connectivity index (χ2v) is 5.77. The van der Waals surface area contributed by atoms with Gasteiger partial charge in [0.05, 0.1) is 0 Å². The standard InChI is InChI=1S/C12H19BrN2S/c1-3-6-14-8-10(2)9-16-12-11(13)5-4-7-15-12/h4-5,7,10,14H,3,6,8-9H2,1-2H3. The highest BCUT2D eigenvalue weighted by atomic mass is 79.9. The fraction of sp³-hybridized carbons (Fsp3) is 0.583. The third-order valence-corrected chi connectivity index (χ3v) is 4.39. The Balaban J connectivity index is 2.26. The van der Waals surface area contributed by atoms with Gasteiger partial charge in [-0.15, -0.1) is 11.8 Å². The Labute approximate surface area is 111 Å². The lowest BCUT2D eigenvalue weighted by Gasteiger charge is -2.11. The lowest BCUT2D eigenvalue weighted by atomic mass is 10.2. The number of thioether (sulfide) groups is 1. The van der Waals surface area contributed by atoms with Crippen LogP contribution in [0.4, 0.5) is 0 Å². The van der Waals surface area contributed by atoms with Gasteiger partial charge in [-0.1, -0.05) is 13.8 Å². The average molecular weight is 303 g/mol. The summed E-state index contributed by atoms with van der Waals surface area (Å²) in [6, 6.07) is 3.98. The molecule has 0 aliphatic carbocycles. The van der Waals surface area contributed by atoms with Gasteiger partial charge in [0.15, 0.2) is 0 Å². The molecule has 0 aliphatic rings. The van der Waals surface area contributed by atoms with Gasteiger partial charge < -0.3 is 5.32 Å². The topological polar surface area (TPSA) is 24.9 Å². The number of aromatic nitrogens is 1. The highest BCUT2D eigenvalue weighted by molar-refractivity contribution is 9.10. The molecule has 0 amide bonds. The molecular weight excluding hydrogens is 284 g/mol. The van der Waals surface area contributed by atoms with Gasteiger partial charge in [0.2, 0.25) is 0 Å². The summed E-state index contributed by atoms with van der Waals surface area (Å²) in [6.07, 6.45) is 3.04. The Kier molecular flexibility index (Phi) is 7.08. The molecule has 0 saturated carbocycles. The van der Waals surface area contributed by atoms with Crippen LogP contribution in [-0.2, 0) is 0 Å². The molecule has 90 valence electrons.